The summed E-state index contributed by atoms with van der Waals surface area (Å²) in [6, 6.07) is 2.64. The Morgan fingerprint density at radius 2 is 2.11 bits per heavy atom. The van der Waals surface area contributed by atoms with E-state index in [-0.39, 0.29) is 17.9 Å². The molecule has 0 saturated carbocycles. The molecule has 0 heterocycles. The van der Waals surface area contributed by atoms with Gasteiger partial charge >= 0.3 is 0 Å². The first-order valence-corrected chi connectivity index (χ1v) is 7.11. The highest BCUT2D eigenvalue weighted by atomic mass is 32.2. The average Bonchev–Trinajstić information content (AvgIpc) is 2.26. The highest BCUT2D eigenvalue weighted by Gasteiger charge is 2.25. The second-order valence-corrected chi connectivity index (χ2v) is 5.80. The lowest BCUT2D eigenvalue weighted by Gasteiger charge is -2.15. The van der Waals surface area contributed by atoms with Gasteiger partial charge in [0.1, 0.15) is 10.6 Å². The molecule has 0 bridgehead atoms. The van der Waals surface area contributed by atoms with Crippen LogP contribution in [0.3, 0.4) is 0 Å². The van der Waals surface area contributed by atoms with Gasteiger partial charge in [-0.1, -0.05) is 0 Å². The molecule has 1 atom stereocenters. The van der Waals surface area contributed by atoms with E-state index in [4.69, 9.17) is 4.74 Å². The minimum Gasteiger partial charge on any atom is -0.495 e. The maximum atomic E-state index is 14.1. The molecular weight excluding hydrogens is 261 g/mol. The number of aliphatic hydroxyl groups excluding tert-OH is 1. The molecule has 1 aromatic rings. The van der Waals surface area contributed by atoms with Crippen LogP contribution in [0.1, 0.15) is 11.7 Å². The van der Waals surface area contributed by atoms with E-state index in [0.29, 0.717) is 0 Å². The normalized spacial score (nSPS) is 13.4. The third-order valence-corrected chi connectivity index (χ3v) is 3.56. The van der Waals surface area contributed by atoms with E-state index in [9.17, 15) is 17.9 Å². The fourth-order valence-electron chi connectivity index (χ4n) is 1.62. The Morgan fingerprint density at radius 3 is 2.56 bits per heavy atom. The molecule has 0 aliphatic heterocycles. The molecule has 0 radical (unpaired) electrons. The molecule has 0 fully saturated rings. The molecule has 0 amide bonds. The van der Waals surface area contributed by atoms with Crippen LogP contribution in [0.25, 0.3) is 0 Å². The lowest BCUT2D eigenvalue weighted by Crippen LogP contribution is -2.19. The van der Waals surface area contributed by atoms with E-state index in [1.165, 1.54) is 19.2 Å². The molecule has 0 aliphatic carbocycles. The molecule has 0 saturated heterocycles. The van der Waals surface area contributed by atoms with E-state index in [0.717, 1.165) is 6.26 Å². The van der Waals surface area contributed by atoms with Gasteiger partial charge in [-0.05, 0) is 19.2 Å². The summed E-state index contributed by atoms with van der Waals surface area (Å²) in [6.07, 6.45) is -0.233. The second-order valence-electron chi connectivity index (χ2n) is 3.85. The number of ether oxygens (including phenoxy) is 1. The molecule has 18 heavy (non-hydrogen) atoms. The molecule has 0 aliphatic rings. The smallest absolute Gasteiger partial charge is 0.182 e. The van der Waals surface area contributed by atoms with E-state index in [2.05, 4.69) is 5.32 Å². The first kappa shape index (κ1) is 14.9. The lowest BCUT2D eigenvalue weighted by molar-refractivity contribution is 0.172. The zero-order valence-electron chi connectivity index (χ0n) is 10.4. The Labute approximate surface area is 106 Å². The van der Waals surface area contributed by atoms with Gasteiger partial charge in [0.25, 0.3) is 0 Å². The Bertz CT molecular complexity index is 530. The first-order chi connectivity index (χ1) is 8.32. The Kier molecular flexibility index (Phi) is 4.66. The third-order valence-electron chi connectivity index (χ3n) is 2.44. The number of rotatable bonds is 5. The van der Waals surface area contributed by atoms with Crippen LogP contribution in [0.2, 0.25) is 0 Å². The summed E-state index contributed by atoms with van der Waals surface area (Å²) in [4.78, 5) is -0.530. The van der Waals surface area contributed by atoms with Crippen LogP contribution in [-0.2, 0) is 9.84 Å². The molecule has 7 heteroatoms. The van der Waals surface area contributed by atoms with Crippen LogP contribution in [-0.4, -0.2) is 40.5 Å². The van der Waals surface area contributed by atoms with Gasteiger partial charge in [-0.15, -0.1) is 0 Å². The summed E-state index contributed by atoms with van der Waals surface area (Å²) < 4.78 is 42.1. The highest BCUT2D eigenvalue weighted by Crippen LogP contribution is 2.31. The fraction of sp³-hybridized carbons (Fsp3) is 0.455. The Hall–Kier alpha value is -1.18. The molecule has 102 valence electrons. The predicted octanol–water partition coefficient (Wildman–Crippen LogP) is 0.491. The van der Waals surface area contributed by atoms with Crippen LogP contribution in [0.15, 0.2) is 17.0 Å². The minimum atomic E-state index is -3.78. The average molecular weight is 277 g/mol. The Morgan fingerprint density at radius 1 is 1.50 bits per heavy atom. The van der Waals surface area contributed by atoms with Gasteiger partial charge in [0.2, 0.25) is 0 Å². The topological polar surface area (TPSA) is 75.6 Å². The third kappa shape index (κ3) is 2.98. The monoisotopic (exact) mass is 277 g/mol. The molecule has 5 nitrogen and oxygen atoms in total. The molecule has 2 N–H and O–H groups in total. The highest BCUT2D eigenvalue weighted by molar-refractivity contribution is 7.90. The summed E-state index contributed by atoms with van der Waals surface area (Å²) in [5.74, 6) is -1.05. The summed E-state index contributed by atoms with van der Waals surface area (Å²) >= 11 is 0. The van der Waals surface area contributed by atoms with Crippen LogP contribution in [0, 0.1) is 5.82 Å². The number of halogens is 1. The SMILES string of the molecule is CNCC(O)c1ccc(OC)c(S(C)(=O)=O)c1F. The van der Waals surface area contributed by atoms with E-state index in [1.807, 2.05) is 0 Å². The van der Waals surface area contributed by atoms with Crippen molar-refractivity contribution >= 4 is 9.84 Å². The Balaban J connectivity index is 3.44. The van der Waals surface area contributed by atoms with Gasteiger partial charge in [0.05, 0.1) is 13.2 Å². The zero-order chi connectivity index (χ0) is 13.9. The number of nitrogens with one attached hydrogen (secondary N) is 1. The number of sulfone groups is 1. The minimum absolute atomic E-state index is 0.0737. The van der Waals surface area contributed by atoms with Crippen molar-refractivity contribution in [3.63, 3.8) is 0 Å². The summed E-state index contributed by atoms with van der Waals surface area (Å²) in [5.41, 5.74) is -0.0782. The summed E-state index contributed by atoms with van der Waals surface area (Å²) in [6.45, 7) is 0.118. The maximum absolute atomic E-state index is 14.1. The fourth-order valence-corrected chi connectivity index (χ4v) is 2.58. The number of likely N-dealkylation sites (N-methyl/N-ethyl adjacent to an activating group) is 1. The van der Waals surface area contributed by atoms with Crippen LogP contribution >= 0.6 is 0 Å². The quantitative estimate of drug-likeness (QED) is 0.819. The predicted molar refractivity (Wildman–Crippen MR) is 64.9 cm³/mol. The van der Waals surface area contributed by atoms with E-state index < -0.39 is 26.7 Å². The van der Waals surface area contributed by atoms with E-state index in [1.54, 1.807) is 7.05 Å². The maximum Gasteiger partial charge on any atom is 0.182 e. The largest absolute Gasteiger partial charge is 0.495 e. The van der Waals surface area contributed by atoms with Gasteiger partial charge < -0.3 is 15.2 Å². The van der Waals surface area contributed by atoms with Crippen LogP contribution in [0.4, 0.5) is 4.39 Å². The molecular formula is C11H16FNO4S. The molecule has 1 aromatic carbocycles. The summed E-state index contributed by atoms with van der Waals surface area (Å²) in [7, 11) is -0.922. The van der Waals surface area contributed by atoms with Crippen molar-refractivity contribution in [3.8, 4) is 5.75 Å². The zero-order valence-corrected chi connectivity index (χ0v) is 11.2. The number of aliphatic hydroxyl groups is 1. The molecule has 1 rings (SSSR count). The van der Waals surface area contributed by atoms with Gasteiger partial charge in [-0.25, -0.2) is 12.8 Å². The lowest BCUT2D eigenvalue weighted by atomic mass is 10.1. The number of hydrogen-bond acceptors (Lipinski definition) is 5. The van der Waals surface area contributed by atoms with Crippen molar-refractivity contribution in [1.82, 2.24) is 5.32 Å². The van der Waals surface area contributed by atoms with Crippen molar-refractivity contribution < 1.29 is 22.7 Å². The molecule has 0 aromatic heterocycles. The van der Waals surface area contributed by atoms with Crippen molar-refractivity contribution in [2.24, 2.45) is 0 Å². The van der Waals surface area contributed by atoms with Crippen molar-refractivity contribution in [2.75, 3.05) is 27.0 Å². The van der Waals surface area contributed by atoms with Crippen LogP contribution < -0.4 is 10.1 Å². The van der Waals surface area contributed by atoms with Crippen molar-refractivity contribution in [2.45, 2.75) is 11.0 Å². The number of benzene rings is 1. The van der Waals surface area contributed by atoms with Gasteiger partial charge in [0, 0.05) is 18.4 Å². The molecule has 1 unspecified atom stereocenters. The van der Waals surface area contributed by atoms with E-state index >= 15 is 0 Å². The second kappa shape index (κ2) is 5.64. The standard InChI is InChI=1S/C11H16FNO4S/c1-13-6-8(14)7-4-5-9(17-2)11(10(7)12)18(3,15)16/h4-5,8,13-14H,6H2,1-3H3. The van der Waals surface area contributed by atoms with Crippen LogP contribution in [0.5, 0.6) is 5.75 Å². The first-order valence-electron chi connectivity index (χ1n) is 5.22. The van der Waals surface area contributed by atoms with Gasteiger partial charge in [-0.3, -0.25) is 0 Å². The number of methoxy groups -OCH3 is 1. The van der Waals surface area contributed by atoms with Gasteiger partial charge in [0.15, 0.2) is 15.7 Å². The van der Waals surface area contributed by atoms with Crippen molar-refractivity contribution in [3.05, 3.63) is 23.5 Å². The number of hydrogen-bond donors (Lipinski definition) is 2. The van der Waals surface area contributed by atoms with Gasteiger partial charge in [-0.2, -0.15) is 0 Å². The molecule has 0 spiro atoms. The summed E-state index contributed by atoms with van der Waals surface area (Å²) in [5, 5.41) is 12.4. The van der Waals surface area contributed by atoms with Crippen molar-refractivity contribution in [1.29, 1.82) is 0 Å².